The first-order valence-corrected chi connectivity index (χ1v) is 28.5. The van der Waals surface area contributed by atoms with E-state index in [0.29, 0.717) is 53.0 Å². The van der Waals surface area contributed by atoms with E-state index < -0.39 is 16.6 Å². The molecule has 55 heavy (non-hydrogen) atoms. The molecule has 4 fully saturated rings. The standard InChI is InChI=1S/C30H52O2Si.C19H36O2Si/c1-11-13-24(15-12-14-22(2)3)20-25-18-19-30(8)26(16-17-27(30)28(25)31)23(4)21-32-33(9,10)29(5,6)7;1-14(13-21-22(6,7)18(2,3)4)15-10-11-16-17(20)9-8-12-19(15,16)5/h1,12,14,22-27H,13,15-21H2,2-10H3;14-16H,8-13H2,1-7H3/b14-12+;/t23-,24?,25+,26-,27?,30-;14-,15-,16+,19-/m11/s1. The predicted molar refractivity (Wildman–Crippen MR) is 240 cm³/mol. The lowest BCUT2D eigenvalue weighted by atomic mass is 9.59. The summed E-state index contributed by atoms with van der Waals surface area (Å²) in [5, 5.41) is 0.512. The first kappa shape index (κ1) is 48.4. The van der Waals surface area contributed by atoms with Gasteiger partial charge in [-0.3, -0.25) is 9.59 Å². The first-order chi connectivity index (χ1) is 25.2. The third-order valence-electron chi connectivity index (χ3n) is 16.5. The Kier molecular flexibility index (Phi) is 16.6. The van der Waals surface area contributed by atoms with Gasteiger partial charge in [0.25, 0.3) is 0 Å². The highest BCUT2D eigenvalue weighted by molar-refractivity contribution is 6.74. The van der Waals surface area contributed by atoms with E-state index in [1.165, 1.54) is 25.7 Å². The van der Waals surface area contributed by atoms with Crippen LogP contribution in [0.1, 0.15) is 160 Å². The molecule has 0 aromatic carbocycles. The zero-order valence-corrected chi connectivity index (χ0v) is 41.0. The van der Waals surface area contributed by atoms with Gasteiger partial charge in [0, 0.05) is 43.8 Å². The van der Waals surface area contributed by atoms with Crippen molar-refractivity contribution in [2.75, 3.05) is 13.2 Å². The summed E-state index contributed by atoms with van der Waals surface area (Å²) in [6, 6.07) is 0. The van der Waals surface area contributed by atoms with E-state index in [-0.39, 0.29) is 32.7 Å². The Balaban J connectivity index is 0.000000320. The normalized spacial score (nSPS) is 32.1. The van der Waals surface area contributed by atoms with E-state index in [9.17, 15) is 9.59 Å². The van der Waals surface area contributed by atoms with Crippen molar-refractivity contribution in [3.63, 3.8) is 0 Å². The minimum absolute atomic E-state index is 0.142. The number of hydrogen-bond donors (Lipinski definition) is 0. The summed E-state index contributed by atoms with van der Waals surface area (Å²) in [7, 11) is -3.41. The molecule has 0 radical (unpaired) electrons. The van der Waals surface area contributed by atoms with Crippen molar-refractivity contribution >= 4 is 28.2 Å². The molecule has 0 aromatic heterocycles. The quantitative estimate of drug-likeness (QED) is 0.0998. The van der Waals surface area contributed by atoms with Crippen molar-refractivity contribution < 1.29 is 18.4 Å². The Labute approximate surface area is 343 Å². The average Bonchev–Trinajstić information content (AvgIpc) is 3.61. The van der Waals surface area contributed by atoms with Crippen molar-refractivity contribution in [2.24, 2.45) is 64.1 Å². The fourth-order valence-corrected chi connectivity index (χ4v) is 13.0. The van der Waals surface area contributed by atoms with Crippen molar-refractivity contribution in [3.05, 3.63) is 12.2 Å². The fraction of sp³-hybridized carbons (Fsp3) is 0.878. The molecule has 4 nitrogen and oxygen atoms in total. The SMILES string of the molecule is C#CCC(C/C=C/C(C)C)C[C@@H]1CC[C@@]2(C)C(CC[C@@H]2[C@H](C)CO[Si](C)(C)C(C)(C)C)C1=O.C[C@H](CO[Si](C)(C)C(C)(C)C)[C@H]1CC[C@H]2C(=O)CCC[C@]12C. The lowest BCUT2D eigenvalue weighted by Crippen LogP contribution is -2.46. The van der Waals surface area contributed by atoms with E-state index in [0.717, 1.165) is 64.6 Å². The van der Waals surface area contributed by atoms with Gasteiger partial charge in [-0.05, 0) is 147 Å². The summed E-state index contributed by atoms with van der Waals surface area (Å²) in [4.78, 5) is 25.9. The van der Waals surface area contributed by atoms with Crippen LogP contribution in [0.2, 0.25) is 36.3 Å². The molecule has 4 aliphatic carbocycles. The highest BCUT2D eigenvalue weighted by atomic mass is 28.4. The average molecular weight is 797 g/mol. The summed E-state index contributed by atoms with van der Waals surface area (Å²) < 4.78 is 13.1. The summed E-state index contributed by atoms with van der Waals surface area (Å²) in [5.74, 6) is 8.02. The van der Waals surface area contributed by atoms with Crippen LogP contribution < -0.4 is 0 Å². The minimum atomic E-state index is -1.74. The van der Waals surface area contributed by atoms with Crippen LogP contribution in [0.15, 0.2) is 12.2 Å². The molecular weight excluding hydrogens is 709 g/mol. The van der Waals surface area contributed by atoms with Gasteiger partial charge in [0.2, 0.25) is 0 Å². The molecule has 4 aliphatic rings. The zero-order chi connectivity index (χ0) is 41.8. The number of fused-ring (bicyclic) bond motifs is 2. The van der Waals surface area contributed by atoms with Crippen LogP contribution in [-0.2, 0) is 18.4 Å². The smallest absolute Gasteiger partial charge is 0.191 e. The highest BCUT2D eigenvalue weighted by Gasteiger charge is 2.55. The Morgan fingerprint density at radius 1 is 0.782 bits per heavy atom. The van der Waals surface area contributed by atoms with Crippen molar-refractivity contribution in [1.29, 1.82) is 0 Å². The lowest BCUT2D eigenvalue weighted by molar-refractivity contribution is -0.136. The topological polar surface area (TPSA) is 52.6 Å². The third-order valence-corrected chi connectivity index (χ3v) is 25.5. The van der Waals surface area contributed by atoms with Crippen LogP contribution in [0, 0.1) is 76.4 Å². The number of hydrogen-bond acceptors (Lipinski definition) is 4. The Hall–Kier alpha value is -1.01. The van der Waals surface area contributed by atoms with Crippen LogP contribution in [-0.4, -0.2) is 41.4 Å². The summed E-state index contributed by atoms with van der Waals surface area (Å²) in [5.41, 5.74) is 0.383. The monoisotopic (exact) mass is 797 g/mol. The van der Waals surface area contributed by atoms with Crippen molar-refractivity contribution in [1.82, 2.24) is 0 Å². The Bertz CT molecular complexity index is 1340. The van der Waals surface area contributed by atoms with Gasteiger partial charge in [-0.2, -0.15) is 0 Å². The minimum Gasteiger partial charge on any atom is -0.417 e. The number of rotatable bonds is 14. The van der Waals surface area contributed by atoms with E-state index in [2.05, 4.69) is 127 Å². The van der Waals surface area contributed by atoms with E-state index in [1.54, 1.807) is 0 Å². The van der Waals surface area contributed by atoms with Crippen LogP contribution in [0.25, 0.3) is 0 Å². The molecule has 0 amide bonds. The van der Waals surface area contributed by atoms with Gasteiger partial charge in [-0.15, -0.1) is 12.3 Å². The maximum atomic E-state index is 13.7. The van der Waals surface area contributed by atoms with Gasteiger partial charge in [-0.25, -0.2) is 0 Å². The Morgan fingerprint density at radius 2 is 1.27 bits per heavy atom. The molecule has 0 saturated heterocycles. The molecule has 4 saturated carbocycles. The number of allylic oxidation sites excluding steroid dienone is 2. The molecule has 2 unspecified atom stereocenters. The first-order valence-electron chi connectivity index (χ1n) is 22.7. The lowest BCUT2D eigenvalue weighted by Gasteiger charge is -2.45. The van der Waals surface area contributed by atoms with Crippen molar-refractivity contribution in [3.8, 4) is 12.3 Å². The molecule has 0 N–H and O–H groups in total. The Morgan fingerprint density at radius 3 is 1.75 bits per heavy atom. The molecule has 0 aromatic rings. The van der Waals surface area contributed by atoms with Gasteiger partial charge in [0.05, 0.1) is 0 Å². The molecular formula is C49H88O4Si2. The second-order valence-corrected chi connectivity index (χ2v) is 32.6. The molecule has 0 aliphatic heterocycles. The second-order valence-electron chi connectivity index (χ2n) is 23.0. The van der Waals surface area contributed by atoms with Gasteiger partial charge < -0.3 is 8.85 Å². The van der Waals surface area contributed by atoms with Crippen LogP contribution in [0.3, 0.4) is 0 Å². The molecule has 0 bridgehead atoms. The number of carbonyl (C=O) groups is 2. The maximum absolute atomic E-state index is 13.7. The molecule has 6 heteroatoms. The summed E-state index contributed by atoms with van der Waals surface area (Å²) in [6.45, 7) is 38.8. The van der Waals surface area contributed by atoms with E-state index >= 15 is 0 Å². The number of terminal acetylenes is 1. The maximum Gasteiger partial charge on any atom is 0.191 e. The molecule has 0 spiro atoms. The molecule has 0 heterocycles. The van der Waals surface area contributed by atoms with Gasteiger partial charge in [0.15, 0.2) is 16.6 Å². The van der Waals surface area contributed by atoms with Gasteiger partial charge in [-0.1, -0.05) is 95.2 Å². The van der Waals surface area contributed by atoms with Gasteiger partial charge in [0.1, 0.15) is 11.6 Å². The number of ketones is 2. The molecule has 10 atom stereocenters. The fourth-order valence-electron chi connectivity index (χ4n) is 10.8. The van der Waals surface area contributed by atoms with Crippen LogP contribution >= 0.6 is 0 Å². The largest absolute Gasteiger partial charge is 0.417 e. The predicted octanol–water partition coefficient (Wildman–Crippen LogP) is 13.7. The summed E-state index contributed by atoms with van der Waals surface area (Å²) >= 11 is 0. The molecule has 4 rings (SSSR count). The van der Waals surface area contributed by atoms with E-state index in [4.69, 9.17) is 15.3 Å². The van der Waals surface area contributed by atoms with Gasteiger partial charge >= 0.3 is 0 Å². The number of carbonyl (C=O) groups excluding carboxylic acids is 2. The zero-order valence-electron chi connectivity index (χ0n) is 39.0. The van der Waals surface area contributed by atoms with E-state index in [1.807, 2.05) is 0 Å². The second kappa shape index (κ2) is 18.9. The number of Topliss-reactive ketones (excluding diaryl/α,β-unsaturated/α-hetero) is 2. The molecule has 316 valence electrons. The third kappa shape index (κ3) is 11.6. The van der Waals surface area contributed by atoms with Crippen LogP contribution in [0.4, 0.5) is 0 Å². The van der Waals surface area contributed by atoms with Crippen LogP contribution in [0.5, 0.6) is 0 Å². The highest BCUT2D eigenvalue weighted by Crippen LogP contribution is 2.59. The van der Waals surface area contributed by atoms with Crippen molar-refractivity contribution in [2.45, 2.75) is 196 Å². The summed E-state index contributed by atoms with van der Waals surface area (Å²) in [6.07, 6.45) is 22.9.